The fourth-order valence-electron chi connectivity index (χ4n) is 2.89. The van der Waals surface area contributed by atoms with E-state index in [1.165, 1.54) is 11.8 Å². The molecule has 0 aliphatic rings. The minimum atomic E-state index is -0.334. The fourth-order valence-corrected chi connectivity index (χ4v) is 4.37. The molecule has 0 aliphatic heterocycles. The van der Waals surface area contributed by atoms with Gasteiger partial charge in [-0.3, -0.25) is 4.79 Å². The maximum Gasteiger partial charge on any atom is 0.251 e. The second-order valence-corrected chi connectivity index (χ2v) is 9.83. The molecule has 10 heteroatoms. The molecule has 1 aromatic heterocycles. The lowest BCUT2D eigenvalue weighted by Crippen LogP contribution is -2.33. The van der Waals surface area contributed by atoms with Gasteiger partial charge < -0.3 is 9.88 Å². The van der Waals surface area contributed by atoms with Crippen LogP contribution in [0.25, 0.3) is 0 Å². The van der Waals surface area contributed by atoms with E-state index in [-0.39, 0.29) is 17.9 Å². The molecular weight excluding hydrogens is 498 g/mol. The molecule has 0 unspecified atom stereocenters. The van der Waals surface area contributed by atoms with E-state index in [2.05, 4.69) is 15.5 Å². The molecule has 3 rings (SSSR count). The number of hydrogen-bond acceptors (Lipinski definition) is 4. The van der Waals surface area contributed by atoms with Crippen molar-refractivity contribution in [3.63, 3.8) is 0 Å². The van der Waals surface area contributed by atoms with Crippen LogP contribution in [0, 0.1) is 5.92 Å². The minimum Gasteiger partial charge on any atom is -0.342 e. The Morgan fingerprint density at radius 3 is 2.26 bits per heavy atom. The number of benzene rings is 2. The number of nitrogens with one attached hydrogen (secondary N) is 1. The smallest absolute Gasteiger partial charge is 0.251 e. The van der Waals surface area contributed by atoms with Crippen molar-refractivity contribution < 1.29 is 4.79 Å². The Bertz CT molecular complexity index is 1100. The Morgan fingerprint density at radius 2 is 1.65 bits per heavy atom. The van der Waals surface area contributed by atoms with Crippen LogP contribution in [0.1, 0.15) is 41.6 Å². The molecule has 0 radical (unpaired) electrons. The van der Waals surface area contributed by atoms with Crippen LogP contribution in [0.15, 0.2) is 41.6 Å². The highest BCUT2D eigenvalue weighted by Crippen LogP contribution is 2.29. The van der Waals surface area contributed by atoms with E-state index in [0.717, 1.165) is 10.7 Å². The third-order valence-electron chi connectivity index (χ3n) is 4.63. The predicted octanol–water partition coefficient (Wildman–Crippen LogP) is 6.85. The molecule has 2 aromatic carbocycles. The second-order valence-electron chi connectivity index (χ2n) is 7.26. The second kappa shape index (κ2) is 10.5. The third kappa shape index (κ3) is 5.88. The van der Waals surface area contributed by atoms with Crippen LogP contribution >= 0.6 is 58.2 Å². The lowest BCUT2D eigenvalue weighted by Gasteiger charge is -2.22. The molecule has 164 valence electrons. The standard InChI is InChI=1S/C21H20Cl4N4OS/c1-11(2)18(26-20(30)13-5-7-15(23)17(25)9-13)19-27-28-21(29(19)3)31-10-12-4-6-14(22)16(24)8-12/h4-9,11,18H,10H2,1-3H3,(H,26,30)/t18-/m1/s1. The van der Waals surface area contributed by atoms with Crippen molar-refractivity contribution in [2.45, 2.75) is 30.8 Å². The van der Waals surface area contributed by atoms with Gasteiger partial charge in [0.15, 0.2) is 11.0 Å². The highest BCUT2D eigenvalue weighted by Gasteiger charge is 2.25. The Hall–Kier alpha value is -1.44. The summed E-state index contributed by atoms with van der Waals surface area (Å²) in [6, 6.07) is 9.98. The third-order valence-corrected chi connectivity index (χ3v) is 7.20. The summed E-state index contributed by atoms with van der Waals surface area (Å²) in [5.41, 5.74) is 1.45. The SMILES string of the molecule is CC(C)[C@@H](NC(=O)c1ccc(Cl)c(Cl)c1)c1nnc(SCc2ccc(Cl)c(Cl)c2)n1C. The first-order chi connectivity index (χ1) is 14.7. The van der Waals surface area contributed by atoms with Gasteiger partial charge in [0.1, 0.15) is 0 Å². The largest absolute Gasteiger partial charge is 0.342 e. The van der Waals surface area contributed by atoms with Gasteiger partial charge in [-0.05, 0) is 41.8 Å². The number of amides is 1. The first kappa shape index (κ1) is 24.2. The molecule has 1 atom stereocenters. The van der Waals surface area contributed by atoms with Gasteiger partial charge in [-0.15, -0.1) is 10.2 Å². The number of nitrogens with zero attached hydrogens (tertiary/aromatic N) is 3. The molecule has 0 saturated carbocycles. The Morgan fingerprint density at radius 1 is 1.00 bits per heavy atom. The summed E-state index contributed by atoms with van der Waals surface area (Å²) in [4.78, 5) is 12.8. The molecule has 0 aliphatic carbocycles. The zero-order chi connectivity index (χ0) is 22.7. The maximum atomic E-state index is 12.8. The number of hydrogen-bond donors (Lipinski definition) is 1. The lowest BCUT2D eigenvalue weighted by atomic mass is 10.0. The van der Waals surface area contributed by atoms with Crippen molar-refractivity contribution in [3.05, 3.63) is 73.4 Å². The Balaban J connectivity index is 1.75. The Labute approximate surface area is 205 Å². The Kier molecular flexibility index (Phi) is 8.16. The van der Waals surface area contributed by atoms with E-state index in [1.54, 1.807) is 24.3 Å². The average molecular weight is 518 g/mol. The maximum absolute atomic E-state index is 12.8. The summed E-state index contributed by atoms with van der Waals surface area (Å²) in [5.74, 6) is 1.15. The first-order valence-corrected chi connectivity index (χ1v) is 11.9. The number of rotatable bonds is 7. The summed E-state index contributed by atoms with van der Waals surface area (Å²) in [6.07, 6.45) is 0. The number of aromatic nitrogens is 3. The van der Waals surface area contributed by atoms with E-state index in [4.69, 9.17) is 46.4 Å². The van der Waals surface area contributed by atoms with E-state index in [1.807, 2.05) is 37.6 Å². The van der Waals surface area contributed by atoms with Crippen molar-refractivity contribution in [1.29, 1.82) is 0 Å². The number of thioether (sulfide) groups is 1. The van der Waals surface area contributed by atoms with Crippen LogP contribution < -0.4 is 5.32 Å². The molecule has 31 heavy (non-hydrogen) atoms. The van der Waals surface area contributed by atoms with Crippen LogP contribution in [0.2, 0.25) is 20.1 Å². The van der Waals surface area contributed by atoms with Gasteiger partial charge >= 0.3 is 0 Å². The molecule has 1 heterocycles. The number of halogens is 4. The molecule has 0 saturated heterocycles. The molecule has 1 amide bonds. The molecule has 0 bridgehead atoms. The molecule has 3 aromatic rings. The molecule has 0 fully saturated rings. The number of carbonyl (C=O) groups excluding carboxylic acids is 1. The summed E-state index contributed by atoms with van der Waals surface area (Å²) in [6.45, 7) is 4.02. The first-order valence-electron chi connectivity index (χ1n) is 9.39. The van der Waals surface area contributed by atoms with Gasteiger partial charge in [-0.2, -0.15) is 0 Å². The van der Waals surface area contributed by atoms with Gasteiger partial charge in [-0.1, -0.05) is 78.1 Å². The molecular formula is C21H20Cl4N4OS. The van der Waals surface area contributed by atoms with Crippen LogP contribution in [-0.2, 0) is 12.8 Å². The summed E-state index contributed by atoms with van der Waals surface area (Å²) in [5, 5.41) is 14.2. The topological polar surface area (TPSA) is 59.8 Å². The van der Waals surface area contributed by atoms with Gasteiger partial charge in [0.25, 0.3) is 5.91 Å². The lowest BCUT2D eigenvalue weighted by molar-refractivity contribution is 0.0922. The van der Waals surface area contributed by atoms with E-state index in [9.17, 15) is 4.79 Å². The highest BCUT2D eigenvalue weighted by atomic mass is 35.5. The van der Waals surface area contributed by atoms with Gasteiger partial charge in [0, 0.05) is 18.4 Å². The van der Waals surface area contributed by atoms with E-state index < -0.39 is 0 Å². The number of carbonyl (C=O) groups is 1. The zero-order valence-electron chi connectivity index (χ0n) is 17.0. The van der Waals surface area contributed by atoms with Crippen LogP contribution in [0.4, 0.5) is 0 Å². The predicted molar refractivity (Wildman–Crippen MR) is 129 cm³/mol. The van der Waals surface area contributed by atoms with Crippen LogP contribution in [0.5, 0.6) is 0 Å². The van der Waals surface area contributed by atoms with Gasteiger partial charge in [0.05, 0.1) is 26.1 Å². The highest BCUT2D eigenvalue weighted by molar-refractivity contribution is 7.98. The zero-order valence-corrected chi connectivity index (χ0v) is 20.8. The van der Waals surface area contributed by atoms with E-state index in [0.29, 0.717) is 37.2 Å². The molecule has 0 spiro atoms. The summed E-state index contributed by atoms with van der Waals surface area (Å²) in [7, 11) is 1.88. The summed E-state index contributed by atoms with van der Waals surface area (Å²) < 4.78 is 1.89. The fraction of sp³-hybridized carbons (Fsp3) is 0.286. The van der Waals surface area contributed by atoms with Crippen molar-refractivity contribution in [2.24, 2.45) is 13.0 Å². The van der Waals surface area contributed by atoms with Crippen molar-refractivity contribution in [2.75, 3.05) is 0 Å². The average Bonchev–Trinajstić information content (AvgIpc) is 3.08. The van der Waals surface area contributed by atoms with Crippen LogP contribution in [0.3, 0.4) is 0 Å². The van der Waals surface area contributed by atoms with Gasteiger partial charge in [0.2, 0.25) is 0 Å². The monoisotopic (exact) mass is 516 g/mol. The normalized spacial score (nSPS) is 12.3. The van der Waals surface area contributed by atoms with Crippen molar-refractivity contribution in [3.8, 4) is 0 Å². The molecule has 5 nitrogen and oxygen atoms in total. The van der Waals surface area contributed by atoms with E-state index >= 15 is 0 Å². The van der Waals surface area contributed by atoms with Crippen LogP contribution in [-0.4, -0.2) is 20.7 Å². The van der Waals surface area contributed by atoms with Crippen molar-refractivity contribution >= 4 is 64.1 Å². The van der Waals surface area contributed by atoms with Gasteiger partial charge in [-0.25, -0.2) is 0 Å². The quantitative estimate of drug-likeness (QED) is 0.348. The molecule has 1 N–H and O–H groups in total. The minimum absolute atomic E-state index is 0.0857. The van der Waals surface area contributed by atoms with Crippen molar-refractivity contribution in [1.82, 2.24) is 20.1 Å². The summed E-state index contributed by atoms with van der Waals surface area (Å²) >= 11 is 25.6.